The number of rotatable bonds is 7. The zero-order valence-corrected chi connectivity index (χ0v) is 15.7. The van der Waals surface area contributed by atoms with E-state index in [1.807, 2.05) is 30.3 Å². The molecule has 2 aromatic carbocycles. The Morgan fingerprint density at radius 2 is 1.88 bits per heavy atom. The molecule has 0 aliphatic rings. The Kier molecular flexibility index (Phi) is 5.61. The molecule has 0 radical (unpaired) electrons. The lowest BCUT2D eigenvalue weighted by Crippen LogP contribution is -2.14. The van der Waals surface area contributed by atoms with Gasteiger partial charge in [0.2, 0.25) is 0 Å². The van der Waals surface area contributed by atoms with Crippen molar-refractivity contribution in [1.82, 2.24) is 4.98 Å². The number of hydrogen-bond donors (Lipinski definition) is 1. The molecule has 0 spiro atoms. The predicted molar refractivity (Wildman–Crippen MR) is 107 cm³/mol. The van der Waals surface area contributed by atoms with Gasteiger partial charge in [0, 0.05) is 5.39 Å². The van der Waals surface area contributed by atoms with Gasteiger partial charge in [-0.2, -0.15) is 0 Å². The van der Waals surface area contributed by atoms with Crippen molar-refractivity contribution < 1.29 is 9.47 Å². The van der Waals surface area contributed by atoms with Crippen LogP contribution >= 0.6 is 0 Å². The van der Waals surface area contributed by atoms with Crippen molar-refractivity contribution in [2.75, 3.05) is 12.3 Å². The van der Waals surface area contributed by atoms with Crippen molar-refractivity contribution in [3.8, 4) is 11.5 Å². The number of anilines is 1. The second kappa shape index (κ2) is 8.09. The van der Waals surface area contributed by atoms with Crippen LogP contribution in [0.1, 0.15) is 30.9 Å². The highest BCUT2D eigenvalue weighted by molar-refractivity contribution is 5.85. The average Bonchev–Trinajstić information content (AvgIpc) is 2.61. The molecule has 1 unspecified atom stereocenters. The molecule has 0 aliphatic carbocycles. The Balaban J connectivity index is 1.53. The van der Waals surface area contributed by atoms with Crippen LogP contribution in [0.15, 0.2) is 48.5 Å². The molecule has 4 heteroatoms. The number of aromatic nitrogens is 1. The van der Waals surface area contributed by atoms with Gasteiger partial charge in [-0.05, 0) is 63.4 Å². The molecule has 3 rings (SSSR count). The quantitative estimate of drug-likeness (QED) is 0.605. The lowest BCUT2D eigenvalue weighted by molar-refractivity contribution is 0.195. The van der Waals surface area contributed by atoms with E-state index in [9.17, 15) is 0 Å². The first-order valence-corrected chi connectivity index (χ1v) is 9.05. The van der Waals surface area contributed by atoms with E-state index in [0.29, 0.717) is 12.4 Å². The van der Waals surface area contributed by atoms with Crippen molar-refractivity contribution in [2.24, 2.45) is 0 Å². The third kappa shape index (κ3) is 4.45. The van der Waals surface area contributed by atoms with Gasteiger partial charge in [-0.15, -0.1) is 0 Å². The van der Waals surface area contributed by atoms with Gasteiger partial charge in [-0.3, -0.25) is 0 Å². The van der Waals surface area contributed by atoms with Crippen LogP contribution < -0.4 is 15.2 Å². The van der Waals surface area contributed by atoms with Crippen LogP contribution in [0, 0.1) is 13.8 Å². The van der Waals surface area contributed by atoms with Gasteiger partial charge in [0.25, 0.3) is 0 Å². The van der Waals surface area contributed by atoms with Crippen LogP contribution in [0.25, 0.3) is 10.9 Å². The fourth-order valence-corrected chi connectivity index (χ4v) is 3.02. The van der Waals surface area contributed by atoms with Gasteiger partial charge in [0.1, 0.15) is 22.8 Å². The Labute approximate surface area is 155 Å². The number of nitrogen functional groups attached to an aromatic ring is 1. The first kappa shape index (κ1) is 18.1. The highest BCUT2D eigenvalue weighted by Gasteiger charge is 2.09. The number of fused-ring (bicyclic) bond motifs is 1. The van der Waals surface area contributed by atoms with E-state index in [1.54, 1.807) is 6.07 Å². The summed E-state index contributed by atoms with van der Waals surface area (Å²) in [5.41, 5.74) is 9.05. The van der Waals surface area contributed by atoms with E-state index in [-0.39, 0.29) is 6.10 Å². The Hall–Kier alpha value is -2.75. The Morgan fingerprint density at radius 1 is 1.04 bits per heavy atom. The summed E-state index contributed by atoms with van der Waals surface area (Å²) >= 11 is 0. The molecule has 1 atom stereocenters. The second-order valence-electron chi connectivity index (χ2n) is 6.75. The van der Waals surface area contributed by atoms with E-state index >= 15 is 0 Å². The van der Waals surface area contributed by atoms with Crippen molar-refractivity contribution in [1.29, 1.82) is 0 Å². The molecule has 0 aliphatic heterocycles. The average molecular weight is 350 g/mol. The third-order valence-electron chi connectivity index (χ3n) is 4.38. The molecule has 1 heterocycles. The van der Waals surface area contributed by atoms with Crippen LogP contribution in [0.5, 0.6) is 11.5 Å². The summed E-state index contributed by atoms with van der Waals surface area (Å²) in [7, 11) is 0. The zero-order chi connectivity index (χ0) is 18.5. The van der Waals surface area contributed by atoms with Crippen LogP contribution in [0.3, 0.4) is 0 Å². The molecular weight excluding hydrogens is 324 g/mol. The smallest absolute Gasteiger partial charge is 0.146 e. The summed E-state index contributed by atoms with van der Waals surface area (Å²) in [4.78, 5) is 4.41. The summed E-state index contributed by atoms with van der Waals surface area (Å²) < 4.78 is 12.0. The SMILES string of the molecule is Cc1ccc(OCCCC(C)Oc2cccc3ccc(N)nc23)c(C)c1. The van der Waals surface area contributed by atoms with E-state index in [2.05, 4.69) is 37.9 Å². The van der Waals surface area contributed by atoms with Gasteiger partial charge >= 0.3 is 0 Å². The molecule has 1 aromatic heterocycles. The van der Waals surface area contributed by atoms with E-state index in [0.717, 1.165) is 35.2 Å². The Morgan fingerprint density at radius 3 is 2.69 bits per heavy atom. The van der Waals surface area contributed by atoms with E-state index < -0.39 is 0 Å². The highest BCUT2D eigenvalue weighted by atomic mass is 16.5. The molecule has 0 saturated carbocycles. The number of nitrogens with zero attached hydrogens (tertiary/aromatic N) is 1. The van der Waals surface area contributed by atoms with Gasteiger partial charge in [0.15, 0.2) is 0 Å². The number of pyridine rings is 1. The molecule has 2 N–H and O–H groups in total. The van der Waals surface area contributed by atoms with Crippen molar-refractivity contribution in [2.45, 2.75) is 39.7 Å². The van der Waals surface area contributed by atoms with Crippen LogP contribution in [0.2, 0.25) is 0 Å². The van der Waals surface area contributed by atoms with Gasteiger partial charge < -0.3 is 15.2 Å². The largest absolute Gasteiger partial charge is 0.493 e. The molecular formula is C22H26N2O2. The Bertz CT molecular complexity index is 892. The van der Waals surface area contributed by atoms with Crippen LogP contribution in [-0.2, 0) is 0 Å². The lowest BCUT2D eigenvalue weighted by atomic mass is 10.1. The topological polar surface area (TPSA) is 57.4 Å². The van der Waals surface area contributed by atoms with Gasteiger partial charge in [0.05, 0.1) is 12.7 Å². The maximum atomic E-state index is 6.10. The maximum absolute atomic E-state index is 6.10. The fraction of sp³-hybridized carbons (Fsp3) is 0.318. The summed E-state index contributed by atoms with van der Waals surface area (Å²) in [5.74, 6) is 2.23. The summed E-state index contributed by atoms with van der Waals surface area (Å²) in [6.45, 7) is 6.92. The third-order valence-corrected chi connectivity index (χ3v) is 4.38. The molecule has 0 fully saturated rings. The summed E-state index contributed by atoms with van der Waals surface area (Å²) in [6, 6.07) is 16.0. The number of aryl methyl sites for hydroxylation is 2. The van der Waals surface area contributed by atoms with Crippen LogP contribution in [0.4, 0.5) is 5.82 Å². The minimum atomic E-state index is 0.0755. The fourth-order valence-electron chi connectivity index (χ4n) is 3.02. The highest BCUT2D eigenvalue weighted by Crippen LogP contribution is 2.26. The number of hydrogen-bond acceptors (Lipinski definition) is 4. The van der Waals surface area contributed by atoms with Gasteiger partial charge in [-0.25, -0.2) is 4.98 Å². The number of ether oxygens (including phenoxy) is 2. The standard InChI is InChI=1S/C22H26N2O2/c1-15-9-11-19(16(2)14-15)25-13-5-6-17(3)26-20-8-4-7-18-10-12-21(23)24-22(18)20/h4,7-12,14,17H,5-6,13H2,1-3H3,(H2,23,24). The zero-order valence-electron chi connectivity index (χ0n) is 15.7. The molecule has 3 aromatic rings. The molecule has 136 valence electrons. The molecule has 0 saturated heterocycles. The molecule has 26 heavy (non-hydrogen) atoms. The van der Waals surface area contributed by atoms with Gasteiger partial charge in [-0.1, -0.05) is 29.8 Å². The first-order valence-electron chi connectivity index (χ1n) is 9.05. The molecule has 4 nitrogen and oxygen atoms in total. The van der Waals surface area contributed by atoms with Crippen molar-refractivity contribution in [3.63, 3.8) is 0 Å². The minimum Gasteiger partial charge on any atom is -0.493 e. The second-order valence-corrected chi connectivity index (χ2v) is 6.75. The van der Waals surface area contributed by atoms with E-state index in [4.69, 9.17) is 15.2 Å². The monoisotopic (exact) mass is 350 g/mol. The number of benzene rings is 2. The predicted octanol–water partition coefficient (Wildman–Crippen LogP) is 5.06. The molecule has 0 amide bonds. The van der Waals surface area contributed by atoms with Crippen molar-refractivity contribution in [3.05, 3.63) is 59.7 Å². The summed E-state index contributed by atoms with van der Waals surface area (Å²) in [6.07, 6.45) is 1.91. The number of nitrogens with two attached hydrogens (primary N) is 1. The number of para-hydroxylation sites is 1. The van der Waals surface area contributed by atoms with Crippen molar-refractivity contribution >= 4 is 16.7 Å². The maximum Gasteiger partial charge on any atom is 0.146 e. The summed E-state index contributed by atoms with van der Waals surface area (Å²) in [5, 5.41) is 1.03. The van der Waals surface area contributed by atoms with Crippen LogP contribution in [-0.4, -0.2) is 17.7 Å². The lowest BCUT2D eigenvalue weighted by Gasteiger charge is -2.16. The minimum absolute atomic E-state index is 0.0755. The molecule has 0 bridgehead atoms. The first-order chi connectivity index (χ1) is 12.5. The van der Waals surface area contributed by atoms with E-state index in [1.165, 1.54) is 11.1 Å². The normalized spacial score (nSPS) is 12.1.